The summed E-state index contributed by atoms with van der Waals surface area (Å²) < 4.78 is 11.0. The number of fused-ring (bicyclic) bond motifs is 1. The number of benzene rings is 3. The van der Waals surface area contributed by atoms with E-state index in [1.54, 1.807) is 66.7 Å². The van der Waals surface area contributed by atoms with Gasteiger partial charge in [0, 0.05) is 26.6 Å². The van der Waals surface area contributed by atoms with Crippen LogP contribution in [0.2, 0.25) is 0 Å². The van der Waals surface area contributed by atoms with Gasteiger partial charge in [-0.15, -0.1) is 23.1 Å². The van der Waals surface area contributed by atoms with Crippen LogP contribution in [0.3, 0.4) is 0 Å². The van der Waals surface area contributed by atoms with E-state index in [9.17, 15) is 19.6 Å². The van der Waals surface area contributed by atoms with Gasteiger partial charge in [0.05, 0.1) is 25.5 Å². The molecule has 1 aromatic heterocycles. The summed E-state index contributed by atoms with van der Waals surface area (Å²) in [4.78, 5) is 41.8. The number of thioether (sulfide) groups is 1. The van der Waals surface area contributed by atoms with Crippen LogP contribution < -0.4 is 25.4 Å². The van der Waals surface area contributed by atoms with E-state index >= 15 is 0 Å². The lowest BCUT2D eigenvalue weighted by molar-refractivity contribution is -0.114. The van der Waals surface area contributed by atoms with Crippen LogP contribution >= 0.6 is 23.1 Å². The van der Waals surface area contributed by atoms with E-state index in [2.05, 4.69) is 42.8 Å². The molecule has 0 aliphatic heterocycles. The first-order valence-corrected chi connectivity index (χ1v) is 18.0. The van der Waals surface area contributed by atoms with Crippen molar-refractivity contribution in [3.63, 3.8) is 0 Å². The highest BCUT2D eigenvalue weighted by Crippen LogP contribution is 2.44. The number of para-hydroxylation sites is 1. The van der Waals surface area contributed by atoms with Crippen LogP contribution in [0.5, 0.6) is 11.5 Å². The van der Waals surface area contributed by atoms with E-state index < -0.39 is 11.8 Å². The van der Waals surface area contributed by atoms with Crippen LogP contribution in [0.25, 0.3) is 6.08 Å². The Labute approximate surface area is 301 Å². The third-order valence-electron chi connectivity index (χ3n) is 8.58. The van der Waals surface area contributed by atoms with Crippen LogP contribution in [0.15, 0.2) is 83.4 Å². The molecule has 0 fully saturated rings. The number of anilines is 2. The summed E-state index contributed by atoms with van der Waals surface area (Å²) in [7, 11) is 3.02. The molecule has 1 aliphatic carbocycles. The van der Waals surface area contributed by atoms with Crippen molar-refractivity contribution in [2.75, 3.05) is 30.6 Å². The fourth-order valence-electron chi connectivity index (χ4n) is 5.83. The normalized spacial score (nSPS) is 14.2. The van der Waals surface area contributed by atoms with E-state index in [4.69, 9.17) is 9.47 Å². The highest BCUT2D eigenvalue weighted by Gasteiger charge is 2.32. The number of nitrogens with zero attached hydrogens (tertiary/aromatic N) is 1. The van der Waals surface area contributed by atoms with Gasteiger partial charge in [0.15, 0.2) is 11.5 Å². The van der Waals surface area contributed by atoms with Gasteiger partial charge < -0.3 is 25.4 Å². The predicted molar refractivity (Wildman–Crippen MR) is 200 cm³/mol. The van der Waals surface area contributed by atoms with Crippen molar-refractivity contribution in [2.45, 2.75) is 44.9 Å². The lowest BCUT2D eigenvalue weighted by Gasteiger charge is -2.33. The number of amides is 3. The predicted octanol–water partition coefficient (Wildman–Crippen LogP) is 7.93. The van der Waals surface area contributed by atoms with E-state index in [1.807, 2.05) is 6.07 Å². The largest absolute Gasteiger partial charge is 0.493 e. The average molecular weight is 709 g/mol. The van der Waals surface area contributed by atoms with Crippen molar-refractivity contribution in [3.8, 4) is 17.6 Å². The molecule has 258 valence electrons. The smallest absolute Gasteiger partial charge is 0.272 e. The van der Waals surface area contributed by atoms with Crippen molar-refractivity contribution in [2.24, 2.45) is 11.3 Å². The zero-order chi connectivity index (χ0) is 35.8. The van der Waals surface area contributed by atoms with Crippen molar-refractivity contribution in [1.82, 2.24) is 5.32 Å². The summed E-state index contributed by atoms with van der Waals surface area (Å²) in [6.45, 7) is 6.75. The number of carbonyl (C=O) groups excluding carboxylic acids is 3. The van der Waals surface area contributed by atoms with Crippen molar-refractivity contribution in [3.05, 3.63) is 106 Å². The Balaban J connectivity index is 1.28. The van der Waals surface area contributed by atoms with Crippen molar-refractivity contribution >= 4 is 57.6 Å². The van der Waals surface area contributed by atoms with Crippen LogP contribution in [-0.4, -0.2) is 37.7 Å². The summed E-state index contributed by atoms with van der Waals surface area (Å²) in [6.07, 6.45) is 4.33. The van der Waals surface area contributed by atoms with Gasteiger partial charge in [0.1, 0.15) is 16.8 Å². The quantitative estimate of drug-likeness (QED) is 0.107. The second-order valence-electron chi connectivity index (χ2n) is 12.9. The van der Waals surface area contributed by atoms with E-state index in [-0.39, 0.29) is 22.8 Å². The van der Waals surface area contributed by atoms with Gasteiger partial charge in [-0.3, -0.25) is 14.4 Å². The second-order valence-corrected chi connectivity index (χ2v) is 15.1. The highest BCUT2D eigenvalue weighted by molar-refractivity contribution is 8.00. The number of methoxy groups -OCH3 is 2. The SMILES string of the molecule is COc1cccc(/C=C(/NC(=O)c2ccccc2)C(=O)Nc2cccc(SCC(=O)Nc3sc4c(c3C#N)CCC(C(C)(C)C)C4)c2)c1OC. The first-order chi connectivity index (χ1) is 24.0. The minimum atomic E-state index is -0.557. The Hall–Kier alpha value is -5.05. The van der Waals surface area contributed by atoms with E-state index in [0.717, 1.165) is 29.7 Å². The van der Waals surface area contributed by atoms with Gasteiger partial charge in [0.2, 0.25) is 5.91 Å². The third kappa shape index (κ3) is 8.75. The van der Waals surface area contributed by atoms with E-state index in [1.165, 1.54) is 48.3 Å². The van der Waals surface area contributed by atoms with Crippen LogP contribution in [0.1, 0.15) is 59.1 Å². The summed E-state index contributed by atoms with van der Waals surface area (Å²) in [5.41, 5.74) is 3.21. The Morgan fingerprint density at radius 1 is 1.00 bits per heavy atom. The Morgan fingerprint density at radius 2 is 1.76 bits per heavy atom. The topological polar surface area (TPSA) is 130 Å². The number of hydrogen-bond donors (Lipinski definition) is 3. The minimum absolute atomic E-state index is 0.0106. The lowest BCUT2D eigenvalue weighted by atomic mass is 9.72. The molecule has 5 rings (SSSR count). The molecule has 3 N–H and O–H groups in total. The summed E-state index contributed by atoms with van der Waals surface area (Å²) in [6, 6.07) is 23.3. The highest BCUT2D eigenvalue weighted by atomic mass is 32.2. The number of ether oxygens (including phenoxy) is 2. The zero-order valence-electron chi connectivity index (χ0n) is 28.7. The number of nitriles is 1. The number of hydrogen-bond acceptors (Lipinski definition) is 8. The Kier molecular flexibility index (Phi) is 11.7. The first-order valence-electron chi connectivity index (χ1n) is 16.2. The van der Waals surface area contributed by atoms with Gasteiger partial charge >= 0.3 is 0 Å². The van der Waals surface area contributed by atoms with Crippen molar-refractivity contribution < 1.29 is 23.9 Å². The standard InChI is InChI=1S/C39H40N4O5S2/c1-39(2,3)26-17-18-29-30(22-40)38(50-33(29)20-26)43-34(44)23-49-28-15-10-14-27(21-28)41-37(46)31(42-36(45)24-11-7-6-8-12-24)19-25-13-9-16-32(47-4)35(25)48-5/h6-16,19,21,26H,17-18,20,23H2,1-5H3,(H,41,46)(H,42,45)(H,43,44)/b31-19+. The van der Waals surface area contributed by atoms with E-state index in [0.29, 0.717) is 44.8 Å². The maximum absolute atomic E-state index is 13.7. The molecule has 1 aliphatic rings. The molecule has 3 aromatic carbocycles. The zero-order valence-corrected chi connectivity index (χ0v) is 30.3. The molecule has 0 bridgehead atoms. The number of thiophene rings is 1. The summed E-state index contributed by atoms with van der Waals surface area (Å²) in [5, 5.41) is 19.1. The number of rotatable bonds is 11. The minimum Gasteiger partial charge on any atom is -0.493 e. The molecular formula is C39H40N4O5S2. The molecule has 1 heterocycles. The number of carbonyl (C=O) groups is 3. The monoisotopic (exact) mass is 708 g/mol. The summed E-state index contributed by atoms with van der Waals surface area (Å²) in [5.74, 6) is 0.299. The molecule has 0 saturated heterocycles. The fraction of sp³-hybridized carbons (Fsp3) is 0.282. The molecule has 0 radical (unpaired) electrons. The molecule has 0 saturated carbocycles. The molecule has 11 heteroatoms. The molecule has 9 nitrogen and oxygen atoms in total. The van der Waals surface area contributed by atoms with Gasteiger partial charge in [0.25, 0.3) is 11.8 Å². The van der Waals surface area contributed by atoms with Gasteiger partial charge in [-0.25, -0.2) is 0 Å². The van der Waals surface area contributed by atoms with Crippen molar-refractivity contribution in [1.29, 1.82) is 5.26 Å². The molecule has 1 unspecified atom stereocenters. The molecule has 1 atom stereocenters. The number of nitrogens with one attached hydrogen (secondary N) is 3. The maximum atomic E-state index is 13.7. The Bertz CT molecular complexity index is 1960. The average Bonchev–Trinajstić information content (AvgIpc) is 3.46. The van der Waals surface area contributed by atoms with Crippen LogP contribution in [0.4, 0.5) is 10.7 Å². The molecule has 0 spiro atoms. The molecular weight excluding hydrogens is 669 g/mol. The molecule has 4 aromatic rings. The lowest BCUT2D eigenvalue weighted by Crippen LogP contribution is -2.30. The third-order valence-corrected chi connectivity index (χ3v) is 10.7. The van der Waals surface area contributed by atoms with Gasteiger partial charge in [-0.05, 0) is 78.6 Å². The maximum Gasteiger partial charge on any atom is 0.272 e. The summed E-state index contributed by atoms with van der Waals surface area (Å²) >= 11 is 2.83. The second kappa shape index (κ2) is 16.1. The fourth-order valence-corrected chi connectivity index (χ4v) is 7.88. The first kappa shape index (κ1) is 36.2. The van der Waals surface area contributed by atoms with Crippen LogP contribution in [0, 0.1) is 22.7 Å². The molecule has 50 heavy (non-hydrogen) atoms. The van der Waals surface area contributed by atoms with Gasteiger partial charge in [-0.2, -0.15) is 5.26 Å². The van der Waals surface area contributed by atoms with Crippen LogP contribution in [-0.2, 0) is 22.4 Å². The van der Waals surface area contributed by atoms with Gasteiger partial charge in [-0.1, -0.05) is 57.2 Å². The molecule has 3 amide bonds. The Morgan fingerprint density at radius 3 is 2.46 bits per heavy atom.